The first-order chi connectivity index (χ1) is 56.0. The number of alkyl halides is 41. The Hall–Kier alpha value is -2.54. The van der Waals surface area contributed by atoms with Crippen LogP contribution in [0.25, 0.3) is 0 Å². The summed E-state index contributed by atoms with van der Waals surface area (Å²) in [6.45, 7) is 10.4. The maximum atomic E-state index is 14.1. The van der Waals surface area contributed by atoms with E-state index in [1.807, 2.05) is 4.90 Å². The predicted octanol–water partition coefficient (Wildman–Crippen LogP) is 25.1. The van der Waals surface area contributed by atoms with E-state index < -0.39 is 291 Å². The Morgan fingerprint density at radius 1 is 0.352 bits per heavy atom. The number of hydroxylamine groups is 2. The fourth-order valence-corrected chi connectivity index (χ4v) is 16.5. The van der Waals surface area contributed by atoms with Gasteiger partial charge in [-0.2, -0.15) is 137 Å². The van der Waals surface area contributed by atoms with Crippen LogP contribution in [0.2, 0.25) is 0 Å². The molecule has 0 bridgehead atoms. The molecule has 6 unspecified atom stereocenters. The molecule has 0 saturated carbocycles. The van der Waals surface area contributed by atoms with Gasteiger partial charge in [0.15, 0.2) is 0 Å². The number of halogens is 42. The van der Waals surface area contributed by atoms with Gasteiger partial charge in [-0.05, 0) is 234 Å². The Bertz CT molecular complexity index is 3330. The first-order valence-electron chi connectivity index (χ1n) is 38.1. The van der Waals surface area contributed by atoms with Crippen LogP contribution < -0.4 is 14.5 Å². The van der Waals surface area contributed by atoms with E-state index >= 15 is 0 Å². The summed E-state index contributed by atoms with van der Waals surface area (Å²) in [6, 6.07) is 0. The molecule has 0 amide bonds. The van der Waals surface area contributed by atoms with Gasteiger partial charge in [0.05, 0.1) is 30.9 Å². The molecule has 6 atom stereocenters. The minimum Gasteiger partial charge on any atom is -0.634 e. The van der Waals surface area contributed by atoms with Crippen LogP contribution in [0.5, 0.6) is 0 Å². The molecule has 0 spiro atoms. The molecular weight excluding hydrogens is 2030 g/mol. The number of nitrogens with zero attached hydrogens (tertiary/aromatic N) is 2. The lowest BCUT2D eigenvalue weighted by Gasteiger charge is -2.34. The maximum Gasteiger partial charge on any atom is 0.431 e. The highest BCUT2D eigenvalue weighted by Gasteiger charge is 2.77. The molecule has 0 radical (unpaired) electrons. The number of hydrogen-bond acceptors (Lipinski definition) is 10. The number of quaternary nitrogens is 1. The van der Waals surface area contributed by atoms with Gasteiger partial charge < -0.3 is 15.2 Å². The Morgan fingerprint density at radius 2 is 0.555 bits per heavy atom. The van der Waals surface area contributed by atoms with Crippen LogP contribution in [-0.2, 0) is 29.1 Å². The zero-order chi connectivity index (χ0) is 103. The molecule has 0 aromatic carbocycles. The van der Waals surface area contributed by atoms with Crippen molar-refractivity contribution in [3.05, 3.63) is 5.21 Å². The summed E-state index contributed by atoms with van der Waals surface area (Å²) in [6.07, 6.45) is -77.4. The second kappa shape index (κ2) is 51.8. The van der Waals surface area contributed by atoms with E-state index in [0.29, 0.717) is 18.3 Å². The third-order valence-corrected chi connectivity index (χ3v) is 23.4. The minimum absolute atomic E-state index is 0.0708. The van der Waals surface area contributed by atoms with Crippen molar-refractivity contribution >= 4 is 67.5 Å². The fraction of sp³-hybridized carbons (Fsp3) is 0.986. The summed E-state index contributed by atoms with van der Waals surface area (Å²) in [7, 11) is -1.98. The van der Waals surface area contributed by atoms with E-state index in [0.717, 1.165) is 81.0 Å². The molecular formula is C70H109BrClF40N5O7S4. The van der Waals surface area contributed by atoms with E-state index in [1.54, 1.807) is 19.5 Å². The largest absolute Gasteiger partial charge is 0.634 e. The minimum atomic E-state index is -6.26. The summed E-state index contributed by atoms with van der Waals surface area (Å²) in [5, 5.41) is 21.0. The monoisotopic (exact) mass is 2130 g/mol. The number of rotatable bonds is 49. The molecule has 0 aliphatic carbocycles. The first-order valence-corrected chi connectivity index (χ1v) is 46.0. The lowest BCUT2D eigenvalue weighted by atomic mass is 9.82. The van der Waals surface area contributed by atoms with E-state index in [9.17, 15) is 206 Å². The first kappa shape index (κ1) is 134. The summed E-state index contributed by atoms with van der Waals surface area (Å²) in [5.74, 6) is -9.65. The number of nitriles is 1. The Balaban J connectivity index is -0.000000496. The van der Waals surface area contributed by atoms with Crippen molar-refractivity contribution < 1.29 is 206 Å². The summed E-state index contributed by atoms with van der Waals surface area (Å²) < 4.78 is 592. The summed E-state index contributed by atoms with van der Waals surface area (Å²) in [4.78, 5) is 1.82. The van der Waals surface area contributed by atoms with Gasteiger partial charge in [0.2, 0.25) is 29.1 Å². The quantitative estimate of drug-likeness (QED) is 0.0132. The molecule has 0 fully saturated rings. The number of hydrogen-bond donors (Lipinski definition) is 3. The number of nitrogens with one attached hydrogen (secondary N) is 3. The van der Waals surface area contributed by atoms with Crippen LogP contribution in [0.3, 0.4) is 0 Å². The molecule has 0 aromatic rings. The average Bonchev–Trinajstić information content (AvgIpc) is 0.789. The average molecular weight is 2140 g/mol. The molecule has 774 valence electrons. The van der Waals surface area contributed by atoms with E-state index in [1.165, 1.54) is 7.05 Å². The van der Waals surface area contributed by atoms with Crippen molar-refractivity contribution in [1.82, 2.24) is 14.3 Å². The second-order valence-corrected chi connectivity index (χ2v) is 42.3. The van der Waals surface area contributed by atoms with Crippen LogP contribution in [-0.4, -0.2) is 224 Å². The van der Waals surface area contributed by atoms with E-state index in [4.69, 9.17) is 15.9 Å². The fourth-order valence-electron chi connectivity index (χ4n) is 12.6. The van der Waals surface area contributed by atoms with Gasteiger partial charge >= 0.3 is 61.8 Å². The molecule has 0 aliphatic heterocycles. The SMILES string of the molecule is CC(C)(F)CC(CCCBr)CC(F)(C(F)(F)F)C(F)(F)F.CC(C)(F)CC(CCCS(=O)(=O)Cl)CC(F)(C(F)(F)F)C(F)(F)F.CC(C)(F)CC(CCCSC#N)CC(F)(C(F)(F)F)C(F)(F)F.CN(C)CCCNS(=O)(=O)CCCC(CC(C)(C)F)CC(F)(C(F)(F)F)C(F)(F)F.C[NH+]([O-])CCCNS(=O)(=O)CCCC(CC(C)(C)F)CC(F)(C(F)(F)F)C(F)(F)F. The maximum absolute atomic E-state index is 14.1. The van der Waals surface area contributed by atoms with Gasteiger partial charge in [0.1, 0.15) is 33.7 Å². The molecule has 0 rings (SSSR count). The van der Waals surface area contributed by atoms with Crippen LogP contribution in [0.4, 0.5) is 176 Å². The second-order valence-electron chi connectivity index (χ2n) is 33.9. The van der Waals surface area contributed by atoms with Gasteiger partial charge in [-0.15, -0.1) is 0 Å². The van der Waals surface area contributed by atoms with Crippen LogP contribution in [0, 0.1) is 45.5 Å². The van der Waals surface area contributed by atoms with Crippen LogP contribution in [0.1, 0.15) is 210 Å². The van der Waals surface area contributed by atoms with Gasteiger partial charge in [0.25, 0.3) is 28.3 Å². The van der Waals surface area contributed by atoms with E-state index in [2.05, 4.69) is 25.4 Å². The van der Waals surface area contributed by atoms with Crippen LogP contribution >= 0.6 is 38.4 Å². The number of thioether (sulfide) groups is 1. The highest BCUT2D eigenvalue weighted by molar-refractivity contribution is 9.09. The zero-order valence-corrected chi connectivity index (χ0v) is 76.7. The standard InChI is InChI=1S/C17H30F8N2O2S.C16H28F8N2O3S.C13H17F8NS.C12H17BrF8.C12H17ClF8O2S/c1-14(2,18)11-13(12-15(19,16(20,21)22)17(23,24)25)7-5-10-30(28,29)26-8-6-9-27(3)4;1-13(2,17)10-12(11-14(18,15(19,20)21)16(22,23)24)6-4-9-30(28,29)25-7-5-8-26(3)27;1-10(2,14)6-9(4-3-5-23-8-22)7-11(15,12(16,17)18)13(19,20)21;1-9(2,14)6-8(4-3-5-13)7-10(15,11(16,17)18)12(19,20)21;1-9(2,14)6-8(4-3-5-24(13,22)23)7-10(15,11(16,17)18)12(19,20)21/h13,26H,5-12H2,1-4H3;12,25-26H,4-11H2,1-3H3;9H,3-7H2,1-2H3;8H,3-7H2,1-2H3;8H,3-7H2,1-2H3. The summed E-state index contributed by atoms with van der Waals surface area (Å²) >= 11 is 3.75. The van der Waals surface area contributed by atoms with Crippen molar-refractivity contribution in [2.45, 2.75) is 329 Å². The van der Waals surface area contributed by atoms with Gasteiger partial charge in [-0.25, -0.2) is 78.6 Å². The Kier molecular flexibility index (Phi) is 54.1. The Labute approximate surface area is 734 Å². The zero-order valence-electron chi connectivity index (χ0n) is 71.1. The van der Waals surface area contributed by atoms with Gasteiger partial charge in [-0.1, -0.05) is 15.9 Å². The normalized spacial score (nSPS) is 16.0. The molecule has 0 saturated heterocycles. The highest BCUT2D eigenvalue weighted by Crippen LogP contribution is 2.57. The molecule has 12 nitrogen and oxygen atoms in total. The topological polar surface area (TPSA) is 181 Å². The molecule has 0 aromatic heterocycles. The third kappa shape index (κ3) is 54.4. The molecule has 0 aliphatic rings. The molecule has 128 heavy (non-hydrogen) atoms. The van der Waals surface area contributed by atoms with Crippen molar-refractivity contribution in [2.75, 3.05) is 75.7 Å². The summed E-state index contributed by atoms with van der Waals surface area (Å²) in [5.41, 5.74) is -37.8. The Morgan fingerprint density at radius 3 is 0.734 bits per heavy atom. The molecule has 3 N–H and O–H groups in total. The lowest BCUT2D eigenvalue weighted by molar-refractivity contribution is -0.825. The third-order valence-electron chi connectivity index (χ3n) is 18.1. The van der Waals surface area contributed by atoms with Crippen molar-refractivity contribution in [2.24, 2.45) is 29.6 Å². The molecule has 0 heterocycles. The predicted molar refractivity (Wildman–Crippen MR) is 403 cm³/mol. The van der Waals surface area contributed by atoms with Crippen molar-refractivity contribution in [3.8, 4) is 5.40 Å². The van der Waals surface area contributed by atoms with Gasteiger partial charge in [0, 0.05) is 73.4 Å². The smallest absolute Gasteiger partial charge is 0.431 e. The van der Waals surface area contributed by atoms with E-state index in [-0.39, 0.29) is 69.0 Å². The lowest BCUT2D eigenvalue weighted by Crippen LogP contribution is -3.03. The van der Waals surface area contributed by atoms with Crippen molar-refractivity contribution in [1.29, 1.82) is 5.26 Å². The molecule has 58 heteroatoms. The van der Waals surface area contributed by atoms with Gasteiger partial charge in [-0.3, -0.25) is 0 Å². The number of thiocyanates is 1. The number of sulfonamides is 2. The highest BCUT2D eigenvalue weighted by atomic mass is 79.9. The van der Waals surface area contributed by atoms with Crippen LogP contribution in [0.15, 0.2) is 0 Å². The van der Waals surface area contributed by atoms with Crippen molar-refractivity contribution in [3.63, 3.8) is 0 Å².